The molecule has 6 heteroatoms. The van der Waals surface area contributed by atoms with Gasteiger partial charge in [-0.1, -0.05) is 24.3 Å². The fourth-order valence-electron chi connectivity index (χ4n) is 3.08. The second kappa shape index (κ2) is 10.6. The van der Waals surface area contributed by atoms with Crippen LogP contribution in [-0.4, -0.2) is 23.6 Å². The van der Waals surface area contributed by atoms with Crippen molar-refractivity contribution >= 4 is 23.4 Å². The van der Waals surface area contributed by atoms with E-state index in [4.69, 9.17) is 5.26 Å². The standard InChI is InChI=1S/C24H22FN3OS/c1-30-23-11-9-22(10-12-23)27-24(29)17-28(16-20-3-2-4-21(25)13-20)15-19-7-5-18(14-26)6-8-19/h2-13H,15-17H2,1H3,(H,27,29). The lowest BCUT2D eigenvalue weighted by molar-refractivity contribution is -0.117. The van der Waals surface area contributed by atoms with Crippen LogP contribution in [0.15, 0.2) is 77.7 Å². The third-order valence-electron chi connectivity index (χ3n) is 4.53. The first-order chi connectivity index (χ1) is 14.6. The summed E-state index contributed by atoms with van der Waals surface area (Å²) in [5.41, 5.74) is 3.09. The van der Waals surface area contributed by atoms with E-state index in [1.165, 1.54) is 12.1 Å². The molecule has 0 saturated carbocycles. The number of hydrogen-bond acceptors (Lipinski definition) is 4. The molecule has 3 rings (SSSR count). The normalized spacial score (nSPS) is 10.6. The molecule has 0 heterocycles. The molecule has 0 radical (unpaired) electrons. The number of rotatable bonds is 8. The summed E-state index contributed by atoms with van der Waals surface area (Å²) < 4.78 is 13.6. The molecule has 0 spiro atoms. The highest BCUT2D eigenvalue weighted by Gasteiger charge is 2.13. The molecule has 0 saturated heterocycles. The molecule has 3 aromatic carbocycles. The molecule has 0 unspecified atom stereocenters. The lowest BCUT2D eigenvalue weighted by Crippen LogP contribution is -2.32. The molecular weight excluding hydrogens is 397 g/mol. The molecule has 30 heavy (non-hydrogen) atoms. The zero-order valence-electron chi connectivity index (χ0n) is 16.6. The van der Waals surface area contributed by atoms with Crippen molar-refractivity contribution < 1.29 is 9.18 Å². The van der Waals surface area contributed by atoms with E-state index in [0.717, 1.165) is 21.7 Å². The average molecular weight is 420 g/mol. The predicted molar refractivity (Wildman–Crippen MR) is 119 cm³/mol. The molecule has 152 valence electrons. The molecular formula is C24H22FN3OS. The Bertz CT molecular complexity index is 1030. The SMILES string of the molecule is CSc1ccc(NC(=O)CN(Cc2ccc(C#N)cc2)Cc2cccc(F)c2)cc1. The van der Waals surface area contributed by atoms with Crippen molar-refractivity contribution in [3.8, 4) is 6.07 Å². The van der Waals surface area contributed by atoms with Crippen LogP contribution in [0.25, 0.3) is 0 Å². The van der Waals surface area contributed by atoms with Gasteiger partial charge >= 0.3 is 0 Å². The summed E-state index contributed by atoms with van der Waals surface area (Å²) in [5, 5.41) is 11.9. The Morgan fingerprint density at radius 2 is 1.73 bits per heavy atom. The van der Waals surface area contributed by atoms with Gasteiger partial charge in [-0.3, -0.25) is 9.69 Å². The highest BCUT2D eigenvalue weighted by molar-refractivity contribution is 7.98. The Labute approximate surface area is 180 Å². The number of benzene rings is 3. The van der Waals surface area contributed by atoms with Crippen LogP contribution in [0.5, 0.6) is 0 Å². The lowest BCUT2D eigenvalue weighted by atomic mass is 10.1. The topological polar surface area (TPSA) is 56.1 Å². The molecule has 1 amide bonds. The number of nitrogens with zero attached hydrogens (tertiary/aromatic N) is 2. The molecule has 0 aliphatic heterocycles. The molecule has 0 fully saturated rings. The predicted octanol–water partition coefficient (Wildman–Crippen LogP) is 5.06. The minimum atomic E-state index is -0.302. The maximum atomic E-state index is 13.6. The number of nitriles is 1. The summed E-state index contributed by atoms with van der Waals surface area (Å²) in [6.45, 7) is 1.08. The smallest absolute Gasteiger partial charge is 0.238 e. The highest BCUT2D eigenvalue weighted by Crippen LogP contribution is 2.18. The quantitative estimate of drug-likeness (QED) is 0.519. The molecule has 0 aromatic heterocycles. The van der Waals surface area contributed by atoms with Crippen molar-refractivity contribution in [3.63, 3.8) is 0 Å². The van der Waals surface area contributed by atoms with Gasteiger partial charge in [0.15, 0.2) is 0 Å². The van der Waals surface area contributed by atoms with Crippen LogP contribution in [0.4, 0.5) is 10.1 Å². The zero-order chi connectivity index (χ0) is 21.3. The zero-order valence-corrected chi connectivity index (χ0v) is 17.5. The van der Waals surface area contributed by atoms with Gasteiger partial charge in [0.1, 0.15) is 5.82 Å². The molecule has 0 atom stereocenters. The van der Waals surface area contributed by atoms with Gasteiger partial charge < -0.3 is 5.32 Å². The van der Waals surface area contributed by atoms with Crippen molar-refractivity contribution in [2.45, 2.75) is 18.0 Å². The third-order valence-corrected chi connectivity index (χ3v) is 5.27. The summed E-state index contributed by atoms with van der Waals surface area (Å²) in [6, 6.07) is 23.4. The molecule has 0 aliphatic rings. The largest absolute Gasteiger partial charge is 0.325 e. The van der Waals surface area contributed by atoms with Gasteiger partial charge in [-0.15, -0.1) is 11.8 Å². The van der Waals surface area contributed by atoms with Gasteiger partial charge in [-0.05, 0) is 65.9 Å². The summed E-state index contributed by atoms with van der Waals surface area (Å²) in [6.07, 6.45) is 2.00. The maximum Gasteiger partial charge on any atom is 0.238 e. The first-order valence-electron chi connectivity index (χ1n) is 9.45. The summed E-state index contributed by atoms with van der Waals surface area (Å²) in [5.74, 6) is -0.443. The minimum Gasteiger partial charge on any atom is -0.325 e. The van der Waals surface area contributed by atoms with E-state index in [9.17, 15) is 9.18 Å². The van der Waals surface area contributed by atoms with Gasteiger partial charge in [0.25, 0.3) is 0 Å². The van der Waals surface area contributed by atoms with Crippen LogP contribution in [0.2, 0.25) is 0 Å². The van der Waals surface area contributed by atoms with Gasteiger partial charge in [-0.2, -0.15) is 5.26 Å². The van der Waals surface area contributed by atoms with Crippen LogP contribution in [-0.2, 0) is 17.9 Å². The molecule has 4 nitrogen and oxygen atoms in total. The molecule has 1 N–H and O–H groups in total. The lowest BCUT2D eigenvalue weighted by Gasteiger charge is -2.22. The molecule has 0 bridgehead atoms. The Balaban J connectivity index is 1.71. The Morgan fingerprint density at radius 1 is 1.03 bits per heavy atom. The summed E-state index contributed by atoms with van der Waals surface area (Å²) in [4.78, 5) is 15.7. The number of halogens is 1. The van der Waals surface area contributed by atoms with Crippen molar-refractivity contribution in [2.24, 2.45) is 0 Å². The number of thioether (sulfide) groups is 1. The molecule has 3 aromatic rings. The Hall–Kier alpha value is -3.14. The van der Waals surface area contributed by atoms with Crippen LogP contribution >= 0.6 is 11.8 Å². The van der Waals surface area contributed by atoms with Crippen LogP contribution in [0, 0.1) is 17.1 Å². The minimum absolute atomic E-state index is 0.142. The van der Waals surface area contributed by atoms with E-state index in [-0.39, 0.29) is 18.3 Å². The number of amides is 1. The van der Waals surface area contributed by atoms with Gasteiger partial charge in [-0.25, -0.2) is 4.39 Å². The summed E-state index contributed by atoms with van der Waals surface area (Å²) >= 11 is 1.64. The van der Waals surface area contributed by atoms with Crippen LogP contribution < -0.4 is 5.32 Å². The maximum absolute atomic E-state index is 13.6. The first-order valence-corrected chi connectivity index (χ1v) is 10.7. The van der Waals surface area contributed by atoms with E-state index in [1.54, 1.807) is 30.0 Å². The number of carbonyl (C=O) groups excluding carboxylic acids is 1. The average Bonchev–Trinajstić information content (AvgIpc) is 2.75. The van der Waals surface area contributed by atoms with E-state index in [0.29, 0.717) is 18.7 Å². The third kappa shape index (κ3) is 6.45. The fraction of sp³-hybridized carbons (Fsp3) is 0.167. The number of carbonyl (C=O) groups is 1. The Morgan fingerprint density at radius 3 is 2.37 bits per heavy atom. The fourth-order valence-corrected chi connectivity index (χ4v) is 3.49. The van der Waals surface area contributed by atoms with Crippen molar-refractivity contribution in [3.05, 3.63) is 95.3 Å². The van der Waals surface area contributed by atoms with Crippen molar-refractivity contribution in [1.82, 2.24) is 4.90 Å². The van der Waals surface area contributed by atoms with Crippen molar-refractivity contribution in [1.29, 1.82) is 5.26 Å². The second-order valence-corrected chi connectivity index (χ2v) is 7.74. The van der Waals surface area contributed by atoms with E-state index >= 15 is 0 Å². The van der Waals surface area contributed by atoms with Gasteiger partial charge in [0, 0.05) is 23.7 Å². The van der Waals surface area contributed by atoms with E-state index in [1.807, 2.05) is 53.6 Å². The van der Waals surface area contributed by atoms with Crippen LogP contribution in [0.3, 0.4) is 0 Å². The first kappa shape index (κ1) is 21.6. The Kier molecular flexibility index (Phi) is 7.61. The van der Waals surface area contributed by atoms with Crippen LogP contribution in [0.1, 0.15) is 16.7 Å². The number of hydrogen-bond donors (Lipinski definition) is 1. The second-order valence-electron chi connectivity index (χ2n) is 6.86. The summed E-state index contributed by atoms with van der Waals surface area (Å²) in [7, 11) is 0. The van der Waals surface area contributed by atoms with E-state index in [2.05, 4.69) is 11.4 Å². The highest BCUT2D eigenvalue weighted by atomic mass is 32.2. The number of anilines is 1. The monoisotopic (exact) mass is 419 g/mol. The van der Waals surface area contributed by atoms with Crippen molar-refractivity contribution in [2.75, 3.05) is 18.1 Å². The number of nitrogens with one attached hydrogen (secondary N) is 1. The van der Waals surface area contributed by atoms with Gasteiger partial charge in [0.05, 0.1) is 18.2 Å². The van der Waals surface area contributed by atoms with E-state index < -0.39 is 0 Å². The molecule has 0 aliphatic carbocycles. The van der Waals surface area contributed by atoms with Gasteiger partial charge in [0.2, 0.25) is 5.91 Å².